The molecule has 1 amide bonds. The van der Waals surface area contributed by atoms with E-state index in [-0.39, 0.29) is 16.1 Å². The van der Waals surface area contributed by atoms with Crippen molar-refractivity contribution in [1.82, 2.24) is 0 Å². The van der Waals surface area contributed by atoms with Crippen LogP contribution in [-0.4, -0.2) is 32.1 Å². The Morgan fingerprint density at radius 3 is 2.55 bits per heavy atom. The lowest BCUT2D eigenvalue weighted by atomic mass is 10.2. The van der Waals surface area contributed by atoms with E-state index < -0.39 is 11.9 Å². The average Bonchev–Trinajstić information content (AvgIpc) is 3.17. The van der Waals surface area contributed by atoms with Crippen molar-refractivity contribution in [2.45, 2.75) is 19.8 Å². The Morgan fingerprint density at radius 2 is 2.10 bits per heavy atom. The predicted molar refractivity (Wildman–Crippen MR) is 79.2 cm³/mol. The summed E-state index contributed by atoms with van der Waals surface area (Å²) in [4.78, 5) is 25.7. The highest BCUT2D eigenvalue weighted by Crippen LogP contribution is 2.40. The van der Waals surface area contributed by atoms with Crippen LogP contribution in [0, 0.1) is 5.92 Å². The normalized spacial score (nSPS) is 14.1. The van der Waals surface area contributed by atoms with Gasteiger partial charge in [0.1, 0.15) is 9.88 Å². The summed E-state index contributed by atoms with van der Waals surface area (Å²) >= 11 is 1.18. The summed E-state index contributed by atoms with van der Waals surface area (Å²) in [6.45, 7) is 3.59. The van der Waals surface area contributed by atoms with E-state index in [2.05, 4.69) is 4.90 Å². The molecule has 0 aliphatic heterocycles. The van der Waals surface area contributed by atoms with Crippen LogP contribution >= 0.6 is 11.3 Å². The molecular weight excluding hydrogens is 278 g/mol. The van der Waals surface area contributed by atoms with Crippen LogP contribution in [0.4, 0.5) is 10.7 Å². The summed E-state index contributed by atoms with van der Waals surface area (Å²) in [7, 11) is 1.28. The number of thiophene rings is 1. The number of amides is 1. The van der Waals surface area contributed by atoms with Gasteiger partial charge in [-0.3, -0.25) is 4.79 Å². The molecule has 1 aliphatic rings. The van der Waals surface area contributed by atoms with E-state index >= 15 is 0 Å². The van der Waals surface area contributed by atoms with Gasteiger partial charge in [-0.2, -0.15) is 0 Å². The first-order valence-electron chi connectivity index (χ1n) is 6.54. The fraction of sp³-hybridized carbons (Fsp3) is 0.538. The van der Waals surface area contributed by atoms with Crippen molar-refractivity contribution < 1.29 is 14.3 Å². The van der Waals surface area contributed by atoms with Gasteiger partial charge in [0.2, 0.25) is 0 Å². The fourth-order valence-electron chi connectivity index (χ4n) is 2.10. The van der Waals surface area contributed by atoms with Crippen molar-refractivity contribution in [3.63, 3.8) is 0 Å². The molecule has 1 aliphatic carbocycles. The average molecular weight is 297 g/mol. The summed E-state index contributed by atoms with van der Waals surface area (Å²) in [6, 6.07) is 0. The Bertz CT molecular complexity index is 537. The summed E-state index contributed by atoms with van der Waals surface area (Å²) < 4.78 is 4.69. The van der Waals surface area contributed by atoms with E-state index in [4.69, 9.17) is 16.2 Å². The maximum Gasteiger partial charge on any atom is 0.350 e. The van der Waals surface area contributed by atoms with E-state index in [1.807, 2.05) is 6.92 Å². The lowest BCUT2D eigenvalue weighted by Crippen LogP contribution is -2.27. The third-order valence-corrected chi connectivity index (χ3v) is 4.63. The van der Waals surface area contributed by atoms with Gasteiger partial charge in [0.15, 0.2) is 0 Å². The summed E-state index contributed by atoms with van der Waals surface area (Å²) in [5, 5.41) is 0.671. The molecule has 0 radical (unpaired) electrons. The van der Waals surface area contributed by atoms with Crippen LogP contribution in [-0.2, 0) is 4.74 Å². The van der Waals surface area contributed by atoms with Crippen molar-refractivity contribution in [3.05, 3.63) is 10.4 Å². The number of hydrogen-bond donors (Lipinski definition) is 2. The highest BCUT2D eigenvalue weighted by Gasteiger charge is 2.30. The Hall–Kier alpha value is -1.76. The van der Waals surface area contributed by atoms with Gasteiger partial charge in [-0.1, -0.05) is 0 Å². The second kappa shape index (κ2) is 5.70. The maximum atomic E-state index is 11.7. The van der Waals surface area contributed by atoms with Gasteiger partial charge in [0.05, 0.1) is 18.4 Å². The lowest BCUT2D eigenvalue weighted by molar-refractivity contribution is 0.0607. The van der Waals surface area contributed by atoms with Crippen LogP contribution in [0.3, 0.4) is 0 Å². The second-order valence-electron chi connectivity index (χ2n) is 4.86. The van der Waals surface area contributed by atoms with Crippen LogP contribution < -0.4 is 16.4 Å². The van der Waals surface area contributed by atoms with Gasteiger partial charge in [-0.05, 0) is 25.7 Å². The fourth-order valence-corrected chi connectivity index (χ4v) is 3.32. The third-order valence-electron chi connectivity index (χ3n) is 3.39. The quantitative estimate of drug-likeness (QED) is 0.774. The number of methoxy groups -OCH3 is 1. The number of nitrogens with two attached hydrogens (primary N) is 2. The molecule has 7 heteroatoms. The Balaban J connectivity index is 2.43. The molecule has 4 N–H and O–H groups in total. The summed E-state index contributed by atoms with van der Waals surface area (Å²) in [6.07, 6.45) is 2.40. The number of hydrogen-bond acceptors (Lipinski definition) is 6. The van der Waals surface area contributed by atoms with Gasteiger partial charge in [0.25, 0.3) is 5.91 Å². The molecule has 0 spiro atoms. The molecular formula is C13H19N3O3S. The highest BCUT2D eigenvalue weighted by molar-refractivity contribution is 7.19. The monoisotopic (exact) mass is 297 g/mol. The van der Waals surface area contributed by atoms with E-state index in [0.717, 1.165) is 13.1 Å². The zero-order valence-electron chi connectivity index (χ0n) is 11.6. The highest BCUT2D eigenvalue weighted by atomic mass is 32.1. The number of rotatable bonds is 6. The van der Waals surface area contributed by atoms with E-state index in [0.29, 0.717) is 10.9 Å². The predicted octanol–water partition coefficient (Wildman–Crippen LogP) is 1.45. The molecule has 0 unspecified atom stereocenters. The van der Waals surface area contributed by atoms with Gasteiger partial charge >= 0.3 is 5.97 Å². The molecule has 2 rings (SSSR count). The third kappa shape index (κ3) is 2.72. The number of nitrogens with zero attached hydrogens (tertiary/aromatic N) is 1. The molecule has 6 nitrogen and oxygen atoms in total. The number of anilines is 2. The number of ether oxygens (including phenoxy) is 1. The van der Waals surface area contributed by atoms with E-state index in [1.165, 1.54) is 31.3 Å². The standard InChI is InChI=1S/C13H19N3O3S/c1-3-16(6-7-4-5-7)12-8(11(15)17)9(14)10(20-12)13(18)19-2/h7H,3-6,14H2,1-2H3,(H2,15,17). The molecule has 1 fully saturated rings. The number of carbonyl (C=O) groups excluding carboxylic acids is 2. The van der Waals surface area contributed by atoms with Gasteiger partial charge < -0.3 is 21.1 Å². The zero-order valence-corrected chi connectivity index (χ0v) is 12.5. The molecule has 1 aromatic heterocycles. The van der Waals surface area contributed by atoms with Gasteiger partial charge in [0, 0.05) is 13.1 Å². The van der Waals surface area contributed by atoms with Crippen molar-refractivity contribution in [1.29, 1.82) is 0 Å². The number of carbonyl (C=O) groups is 2. The maximum absolute atomic E-state index is 11.7. The van der Waals surface area contributed by atoms with Gasteiger partial charge in [-0.25, -0.2) is 4.79 Å². The van der Waals surface area contributed by atoms with E-state index in [1.54, 1.807) is 0 Å². The number of primary amides is 1. The smallest absolute Gasteiger partial charge is 0.350 e. The first-order valence-corrected chi connectivity index (χ1v) is 7.36. The van der Waals surface area contributed by atoms with Crippen LogP contribution in [0.1, 0.15) is 39.8 Å². The Kier molecular flexibility index (Phi) is 4.17. The van der Waals surface area contributed by atoms with Crippen LogP contribution in [0.5, 0.6) is 0 Å². The minimum Gasteiger partial charge on any atom is -0.465 e. The zero-order chi connectivity index (χ0) is 14.9. The molecule has 1 heterocycles. The minimum absolute atomic E-state index is 0.124. The van der Waals surface area contributed by atoms with E-state index in [9.17, 15) is 9.59 Å². The SMILES string of the molecule is CCN(CC1CC1)c1sc(C(=O)OC)c(N)c1C(N)=O. The molecule has 110 valence electrons. The first kappa shape index (κ1) is 14.6. The lowest BCUT2D eigenvalue weighted by Gasteiger charge is -2.22. The second-order valence-corrected chi connectivity index (χ2v) is 5.86. The first-order chi connectivity index (χ1) is 9.49. The minimum atomic E-state index is -0.613. The molecule has 0 aromatic carbocycles. The molecule has 0 bridgehead atoms. The van der Waals surface area contributed by atoms with Crippen LogP contribution in [0.25, 0.3) is 0 Å². The Labute approximate surface area is 121 Å². The van der Waals surface area contributed by atoms with Crippen molar-refractivity contribution in [2.75, 3.05) is 30.8 Å². The summed E-state index contributed by atoms with van der Waals surface area (Å²) in [5.41, 5.74) is 11.7. The van der Waals surface area contributed by atoms with Crippen molar-refractivity contribution in [2.24, 2.45) is 11.7 Å². The van der Waals surface area contributed by atoms with Crippen molar-refractivity contribution in [3.8, 4) is 0 Å². The number of nitrogen functional groups attached to an aromatic ring is 1. The summed E-state index contributed by atoms with van der Waals surface area (Å²) in [5.74, 6) is -0.498. The van der Waals surface area contributed by atoms with Crippen LogP contribution in [0.2, 0.25) is 0 Å². The molecule has 20 heavy (non-hydrogen) atoms. The molecule has 0 saturated heterocycles. The number of esters is 1. The molecule has 1 saturated carbocycles. The molecule has 1 aromatic rings. The van der Waals surface area contributed by atoms with Gasteiger partial charge in [-0.15, -0.1) is 11.3 Å². The van der Waals surface area contributed by atoms with Crippen molar-refractivity contribution >= 4 is 33.9 Å². The Morgan fingerprint density at radius 1 is 1.45 bits per heavy atom. The molecule has 0 atom stereocenters. The largest absolute Gasteiger partial charge is 0.465 e. The topological polar surface area (TPSA) is 98.7 Å². The van der Waals surface area contributed by atoms with Crippen LogP contribution in [0.15, 0.2) is 0 Å².